The number of alkyl carbamates (subject to hydrolysis) is 2. The molecule has 14 heteroatoms. The van der Waals surface area contributed by atoms with Crippen LogP contribution in [0.15, 0.2) is 30.3 Å². The van der Waals surface area contributed by atoms with E-state index in [1.807, 2.05) is 36.9 Å². The van der Waals surface area contributed by atoms with Crippen molar-refractivity contribution in [1.29, 1.82) is 0 Å². The van der Waals surface area contributed by atoms with Gasteiger partial charge in [-0.1, -0.05) is 39.7 Å². The minimum Gasteiger partial charge on any atom is -0.453 e. The highest BCUT2D eigenvalue weighted by Crippen LogP contribution is 2.38. The van der Waals surface area contributed by atoms with Crippen LogP contribution in [0.3, 0.4) is 0 Å². The molecule has 2 fully saturated rings. The van der Waals surface area contributed by atoms with Gasteiger partial charge in [-0.2, -0.15) is 0 Å². The summed E-state index contributed by atoms with van der Waals surface area (Å²) in [6, 6.07) is 9.43. The topological polar surface area (TPSA) is 170 Å². The van der Waals surface area contributed by atoms with Crippen molar-refractivity contribution in [3.63, 3.8) is 0 Å². The van der Waals surface area contributed by atoms with E-state index in [1.165, 1.54) is 19.8 Å². The number of benzene rings is 1. The van der Waals surface area contributed by atoms with E-state index in [9.17, 15) is 14.4 Å². The highest BCUT2D eigenvalue weighted by atomic mass is 16.5. The standard InChI is InChI=1S/C43H55N9O5/c1-24(2)35(48-42(54)56-6)26(5)51-21-9-13-33(51)40-46-32-20-18-29(44-38(32)50-40)17-15-27-16-19-30-28(23-27)11-8-12-31-37(30)47-39(45-31)34-14-10-22-52(34)41(53)36(25(3)4)49-43(55)57-7/h16,18-20,23-26,33-36H,8-14,21-22H2,1-7H3,(H,45,47)(H,48,54)(H,49,55)(H,44,46,50)/t26?,33-,34-,35-,36-/m0/s1. The Bertz CT molecular complexity index is 2180. The van der Waals surface area contributed by atoms with Crippen LogP contribution in [-0.4, -0.2) is 98.2 Å². The lowest BCUT2D eigenvalue weighted by Crippen LogP contribution is -2.52. The van der Waals surface area contributed by atoms with E-state index in [0.29, 0.717) is 17.9 Å². The molecule has 3 amide bonds. The van der Waals surface area contributed by atoms with Gasteiger partial charge in [-0.25, -0.2) is 24.5 Å². The summed E-state index contributed by atoms with van der Waals surface area (Å²) >= 11 is 0. The monoisotopic (exact) mass is 777 g/mol. The number of aromatic amines is 2. The Morgan fingerprint density at radius 3 is 2.30 bits per heavy atom. The van der Waals surface area contributed by atoms with Gasteiger partial charge in [-0.15, -0.1) is 0 Å². The summed E-state index contributed by atoms with van der Waals surface area (Å²) < 4.78 is 9.71. The first-order valence-electron chi connectivity index (χ1n) is 20.3. The summed E-state index contributed by atoms with van der Waals surface area (Å²) in [4.78, 5) is 64.1. The van der Waals surface area contributed by atoms with Gasteiger partial charge in [0.15, 0.2) is 5.65 Å². The molecular formula is C43H55N9O5. The van der Waals surface area contributed by atoms with Gasteiger partial charge in [0.2, 0.25) is 5.91 Å². The number of likely N-dealkylation sites (tertiary alicyclic amines) is 2. The Morgan fingerprint density at radius 1 is 0.807 bits per heavy atom. The molecule has 1 aliphatic carbocycles. The first-order chi connectivity index (χ1) is 27.4. The SMILES string of the molecule is COC(=O)N[C@@H](C(C)C)C(C)N1CCC[C@H]1c1nc2ccc(C#Cc3ccc4c(c3)CCCc3nc([C@@H]5CCCN5C(=O)[C@@H](NC(=O)OC)C(C)C)[nH]c3-4)nc2[nH]1. The maximum atomic E-state index is 13.7. The van der Waals surface area contributed by atoms with Crippen LogP contribution in [0.1, 0.15) is 113 Å². The van der Waals surface area contributed by atoms with Crippen molar-refractivity contribution in [2.24, 2.45) is 11.8 Å². The summed E-state index contributed by atoms with van der Waals surface area (Å²) in [5.41, 5.74) is 7.39. The number of aryl methyl sites for hydroxylation is 2. The highest BCUT2D eigenvalue weighted by molar-refractivity contribution is 5.86. The number of hydrogen-bond acceptors (Lipinski definition) is 9. The molecule has 57 heavy (non-hydrogen) atoms. The van der Waals surface area contributed by atoms with Crippen molar-refractivity contribution in [2.75, 3.05) is 27.3 Å². The number of amides is 3. The maximum Gasteiger partial charge on any atom is 0.407 e. The van der Waals surface area contributed by atoms with Gasteiger partial charge >= 0.3 is 12.2 Å². The van der Waals surface area contributed by atoms with Gasteiger partial charge in [-0.05, 0) is 106 Å². The van der Waals surface area contributed by atoms with Crippen LogP contribution in [0.5, 0.6) is 0 Å². The van der Waals surface area contributed by atoms with Gasteiger partial charge < -0.3 is 35.0 Å². The van der Waals surface area contributed by atoms with Crippen molar-refractivity contribution in [1.82, 2.24) is 45.4 Å². The summed E-state index contributed by atoms with van der Waals surface area (Å²) in [5.74, 6) is 8.30. The van der Waals surface area contributed by atoms with E-state index in [4.69, 9.17) is 24.4 Å². The molecule has 5 heterocycles. The minimum absolute atomic E-state index is 0.0728. The lowest BCUT2D eigenvalue weighted by molar-refractivity contribution is -0.135. The zero-order valence-electron chi connectivity index (χ0n) is 34.1. The first-order valence-corrected chi connectivity index (χ1v) is 20.3. The number of nitrogens with one attached hydrogen (secondary N) is 4. The molecule has 3 aromatic heterocycles. The number of fused-ring (bicyclic) bond motifs is 4. The number of H-pyrrole nitrogens is 2. The number of nitrogens with zero attached hydrogens (tertiary/aromatic N) is 5. The molecule has 5 atom stereocenters. The van der Waals surface area contributed by atoms with Crippen LogP contribution in [0, 0.1) is 23.7 Å². The van der Waals surface area contributed by atoms with E-state index in [0.717, 1.165) is 91.2 Å². The summed E-state index contributed by atoms with van der Waals surface area (Å²) in [6.45, 7) is 11.7. The van der Waals surface area contributed by atoms with E-state index >= 15 is 0 Å². The fraction of sp³-hybridized carbons (Fsp3) is 0.535. The number of carbonyl (C=O) groups is 3. The molecule has 4 N–H and O–H groups in total. The smallest absolute Gasteiger partial charge is 0.407 e. The average Bonchev–Trinajstić information content (AvgIpc) is 4.02. The molecule has 14 nitrogen and oxygen atoms in total. The van der Waals surface area contributed by atoms with Crippen molar-refractivity contribution in [3.8, 4) is 23.1 Å². The van der Waals surface area contributed by atoms with Gasteiger partial charge in [0.25, 0.3) is 0 Å². The van der Waals surface area contributed by atoms with Gasteiger partial charge in [0, 0.05) is 29.8 Å². The summed E-state index contributed by atoms with van der Waals surface area (Å²) in [5, 5.41) is 5.77. The third-order valence-electron chi connectivity index (χ3n) is 11.8. The van der Waals surface area contributed by atoms with Crippen LogP contribution >= 0.6 is 0 Å². The maximum absolute atomic E-state index is 13.7. The van der Waals surface area contributed by atoms with Gasteiger partial charge in [0.05, 0.1) is 37.7 Å². The predicted octanol–water partition coefficient (Wildman–Crippen LogP) is 6.19. The fourth-order valence-electron chi connectivity index (χ4n) is 8.84. The van der Waals surface area contributed by atoms with Gasteiger partial charge in [-0.3, -0.25) is 9.69 Å². The van der Waals surface area contributed by atoms with Crippen LogP contribution in [0.2, 0.25) is 0 Å². The van der Waals surface area contributed by atoms with Crippen molar-refractivity contribution in [2.45, 2.75) is 110 Å². The van der Waals surface area contributed by atoms with E-state index in [-0.39, 0.29) is 41.9 Å². The Balaban J connectivity index is 1.07. The molecule has 0 radical (unpaired) electrons. The number of imidazole rings is 2. The molecule has 0 spiro atoms. The Labute approximate surface area is 334 Å². The van der Waals surface area contributed by atoms with Crippen LogP contribution in [0.25, 0.3) is 22.4 Å². The second-order valence-electron chi connectivity index (χ2n) is 16.2. The molecule has 2 aliphatic heterocycles. The number of carbonyl (C=O) groups excluding carboxylic acids is 3. The Hall–Kier alpha value is -5.42. The number of rotatable bonds is 9. The molecular weight excluding hydrogens is 723 g/mol. The third-order valence-corrected chi connectivity index (χ3v) is 11.8. The number of ether oxygens (including phenoxy) is 2. The van der Waals surface area contributed by atoms with E-state index in [2.05, 4.69) is 70.2 Å². The number of aromatic nitrogens is 5. The summed E-state index contributed by atoms with van der Waals surface area (Å²) in [7, 11) is 2.70. The first kappa shape index (κ1) is 39.8. The van der Waals surface area contributed by atoms with Crippen molar-refractivity contribution < 1.29 is 23.9 Å². The molecule has 1 unspecified atom stereocenters. The Kier molecular flexibility index (Phi) is 11.9. The molecule has 0 bridgehead atoms. The lowest BCUT2D eigenvalue weighted by Gasteiger charge is -2.37. The lowest BCUT2D eigenvalue weighted by atomic mass is 9.96. The van der Waals surface area contributed by atoms with E-state index in [1.54, 1.807) is 0 Å². The molecule has 2 saturated heterocycles. The quantitative estimate of drug-likeness (QED) is 0.145. The molecule has 0 saturated carbocycles. The fourth-order valence-corrected chi connectivity index (χ4v) is 8.84. The molecule has 3 aliphatic rings. The van der Waals surface area contributed by atoms with Crippen LogP contribution in [0.4, 0.5) is 9.59 Å². The van der Waals surface area contributed by atoms with Gasteiger partial charge in [0.1, 0.15) is 28.9 Å². The predicted molar refractivity (Wildman–Crippen MR) is 216 cm³/mol. The van der Waals surface area contributed by atoms with Crippen molar-refractivity contribution >= 4 is 29.3 Å². The van der Waals surface area contributed by atoms with Crippen LogP contribution < -0.4 is 10.6 Å². The minimum atomic E-state index is -0.681. The second kappa shape index (κ2) is 17.0. The molecule has 4 aromatic rings. The molecule has 1 aromatic carbocycles. The second-order valence-corrected chi connectivity index (χ2v) is 16.2. The number of hydrogen-bond donors (Lipinski definition) is 4. The molecule has 302 valence electrons. The average molecular weight is 778 g/mol. The van der Waals surface area contributed by atoms with Crippen LogP contribution in [-0.2, 0) is 27.1 Å². The Morgan fingerprint density at radius 2 is 1.54 bits per heavy atom. The number of pyridine rings is 1. The largest absolute Gasteiger partial charge is 0.453 e. The highest BCUT2D eigenvalue weighted by Gasteiger charge is 2.39. The normalized spacial score (nSPS) is 19.6. The van der Waals surface area contributed by atoms with Crippen molar-refractivity contribution in [3.05, 3.63) is 64.5 Å². The molecule has 7 rings (SSSR count). The third kappa shape index (κ3) is 8.35. The zero-order valence-corrected chi connectivity index (χ0v) is 34.1. The van der Waals surface area contributed by atoms with E-state index < -0.39 is 18.2 Å². The zero-order chi connectivity index (χ0) is 40.4. The summed E-state index contributed by atoms with van der Waals surface area (Å²) in [6.07, 6.45) is 5.33. The number of methoxy groups -OCH3 is 2.